The molecular formula is C15H21N5O. The van der Waals surface area contributed by atoms with E-state index in [1.54, 1.807) is 0 Å². The minimum atomic E-state index is -0.723. The second-order valence-corrected chi connectivity index (χ2v) is 6.80. The Morgan fingerprint density at radius 3 is 2.71 bits per heavy atom. The largest absolute Gasteiger partial charge is 0.388 e. The number of hydrogen-bond donors (Lipinski definition) is 1. The van der Waals surface area contributed by atoms with Gasteiger partial charge in [-0.05, 0) is 51.7 Å². The van der Waals surface area contributed by atoms with E-state index in [1.807, 2.05) is 30.5 Å². The highest BCUT2D eigenvalue weighted by atomic mass is 16.3. The van der Waals surface area contributed by atoms with Crippen molar-refractivity contribution in [2.24, 2.45) is 0 Å². The first kappa shape index (κ1) is 13.0. The van der Waals surface area contributed by atoms with E-state index < -0.39 is 5.60 Å². The van der Waals surface area contributed by atoms with Gasteiger partial charge in [0.25, 0.3) is 0 Å². The Kier molecular flexibility index (Phi) is 2.73. The van der Waals surface area contributed by atoms with Crippen molar-refractivity contribution in [2.75, 3.05) is 11.4 Å². The molecule has 6 heteroatoms. The monoisotopic (exact) mass is 287 g/mol. The molecule has 2 aromatic heterocycles. The molecule has 0 amide bonds. The highest BCUT2D eigenvalue weighted by molar-refractivity contribution is 5.48. The Labute approximate surface area is 123 Å². The molecule has 3 heterocycles. The van der Waals surface area contributed by atoms with Crippen molar-refractivity contribution in [3.63, 3.8) is 0 Å². The maximum Gasteiger partial charge on any atom is 0.178 e. The molecule has 1 N–H and O–H groups in total. The number of fused-ring (bicyclic) bond motifs is 1. The van der Waals surface area contributed by atoms with Gasteiger partial charge >= 0.3 is 0 Å². The molecule has 0 unspecified atom stereocenters. The molecule has 0 spiro atoms. The van der Waals surface area contributed by atoms with Gasteiger partial charge in [-0.15, -0.1) is 15.3 Å². The van der Waals surface area contributed by atoms with E-state index in [1.165, 1.54) is 12.8 Å². The summed E-state index contributed by atoms with van der Waals surface area (Å²) in [5, 5.41) is 23.6. The Morgan fingerprint density at radius 1 is 1.19 bits per heavy atom. The van der Waals surface area contributed by atoms with E-state index in [0.717, 1.165) is 36.7 Å². The molecule has 0 aromatic carbocycles. The van der Waals surface area contributed by atoms with Crippen molar-refractivity contribution in [3.8, 4) is 0 Å². The third-order valence-corrected chi connectivity index (χ3v) is 4.58. The van der Waals surface area contributed by atoms with Gasteiger partial charge in [-0.1, -0.05) is 0 Å². The Hall–Kier alpha value is -1.69. The number of anilines is 1. The first-order valence-electron chi connectivity index (χ1n) is 7.75. The fraction of sp³-hybridized carbons (Fsp3) is 0.667. The normalized spacial score (nSPS) is 23.2. The molecule has 4 rings (SSSR count). The van der Waals surface area contributed by atoms with Crippen LogP contribution < -0.4 is 4.90 Å². The van der Waals surface area contributed by atoms with Gasteiger partial charge in [0.1, 0.15) is 5.82 Å². The molecule has 1 aliphatic carbocycles. The molecule has 1 aliphatic heterocycles. The number of aliphatic hydroxyl groups is 1. The lowest BCUT2D eigenvalue weighted by atomic mass is 9.97. The minimum Gasteiger partial charge on any atom is -0.388 e. The average Bonchev–Trinajstić information content (AvgIpc) is 3.01. The van der Waals surface area contributed by atoms with E-state index in [-0.39, 0.29) is 6.04 Å². The van der Waals surface area contributed by atoms with Crippen LogP contribution in [0.3, 0.4) is 0 Å². The second kappa shape index (κ2) is 4.40. The van der Waals surface area contributed by atoms with Crippen molar-refractivity contribution in [1.82, 2.24) is 19.8 Å². The van der Waals surface area contributed by atoms with E-state index in [4.69, 9.17) is 5.10 Å². The highest BCUT2D eigenvalue weighted by Crippen LogP contribution is 2.39. The molecule has 112 valence electrons. The fourth-order valence-corrected chi connectivity index (χ4v) is 3.32. The van der Waals surface area contributed by atoms with Gasteiger partial charge in [-0.3, -0.25) is 0 Å². The highest BCUT2D eigenvalue weighted by Gasteiger charge is 2.37. The summed E-state index contributed by atoms with van der Waals surface area (Å²) < 4.78 is 1.88. The lowest BCUT2D eigenvalue weighted by Crippen LogP contribution is -2.46. The topological polar surface area (TPSA) is 66.5 Å². The summed E-state index contributed by atoms with van der Waals surface area (Å²) in [6.45, 7) is 4.69. The number of nitrogens with zero attached hydrogens (tertiary/aromatic N) is 5. The van der Waals surface area contributed by atoms with Crippen LogP contribution in [0.5, 0.6) is 0 Å². The third kappa shape index (κ3) is 2.18. The summed E-state index contributed by atoms with van der Waals surface area (Å²) >= 11 is 0. The van der Waals surface area contributed by atoms with Crippen molar-refractivity contribution in [2.45, 2.75) is 57.1 Å². The van der Waals surface area contributed by atoms with Crippen LogP contribution in [-0.4, -0.2) is 43.1 Å². The quantitative estimate of drug-likeness (QED) is 0.931. The van der Waals surface area contributed by atoms with Gasteiger partial charge < -0.3 is 10.0 Å². The molecule has 2 aromatic rings. The van der Waals surface area contributed by atoms with Crippen LogP contribution in [-0.2, 0) is 0 Å². The minimum absolute atomic E-state index is 0.114. The lowest BCUT2D eigenvalue weighted by Gasteiger charge is -2.34. The summed E-state index contributed by atoms with van der Waals surface area (Å²) in [6.07, 6.45) is 4.46. The zero-order valence-electron chi connectivity index (χ0n) is 12.5. The zero-order valence-corrected chi connectivity index (χ0v) is 12.5. The second-order valence-electron chi connectivity index (χ2n) is 6.80. The Morgan fingerprint density at radius 2 is 2.00 bits per heavy atom. The van der Waals surface area contributed by atoms with Gasteiger partial charge in [0.2, 0.25) is 0 Å². The standard InChI is InChI=1S/C15H21N5O/c1-15(2,21)11-4-3-9-19(11)13-8-7-12-16-17-14(10-5-6-10)20(12)18-13/h7-8,10-11,21H,3-6,9H2,1-2H3/t11-/m1/s1. The molecule has 1 atom stereocenters. The van der Waals surface area contributed by atoms with Gasteiger partial charge in [0, 0.05) is 12.5 Å². The van der Waals surface area contributed by atoms with E-state index in [2.05, 4.69) is 15.1 Å². The van der Waals surface area contributed by atoms with Crippen LogP contribution in [0.25, 0.3) is 5.65 Å². The molecule has 2 aliphatic rings. The van der Waals surface area contributed by atoms with Crippen LogP contribution in [0, 0.1) is 0 Å². The predicted molar refractivity (Wildman–Crippen MR) is 79.4 cm³/mol. The summed E-state index contributed by atoms with van der Waals surface area (Å²) in [4.78, 5) is 2.22. The first-order chi connectivity index (χ1) is 10.0. The Balaban J connectivity index is 1.74. The number of aromatic nitrogens is 4. The zero-order chi connectivity index (χ0) is 14.6. The molecule has 0 radical (unpaired) electrons. The molecular weight excluding hydrogens is 266 g/mol. The first-order valence-corrected chi connectivity index (χ1v) is 7.75. The maximum atomic E-state index is 10.4. The van der Waals surface area contributed by atoms with Crippen molar-refractivity contribution in [3.05, 3.63) is 18.0 Å². The van der Waals surface area contributed by atoms with Crippen LogP contribution in [0.4, 0.5) is 5.82 Å². The predicted octanol–water partition coefficient (Wildman–Crippen LogP) is 1.74. The molecule has 2 fully saturated rings. The summed E-state index contributed by atoms with van der Waals surface area (Å²) in [5.41, 5.74) is 0.0827. The van der Waals surface area contributed by atoms with Gasteiger partial charge in [-0.2, -0.15) is 4.52 Å². The van der Waals surface area contributed by atoms with Crippen LogP contribution >= 0.6 is 0 Å². The van der Waals surface area contributed by atoms with Gasteiger partial charge in [-0.25, -0.2) is 0 Å². The average molecular weight is 287 g/mol. The van der Waals surface area contributed by atoms with Crippen molar-refractivity contribution >= 4 is 11.5 Å². The van der Waals surface area contributed by atoms with Crippen LogP contribution in [0.1, 0.15) is 51.3 Å². The van der Waals surface area contributed by atoms with Crippen molar-refractivity contribution in [1.29, 1.82) is 0 Å². The summed E-state index contributed by atoms with van der Waals surface area (Å²) in [6, 6.07) is 4.08. The molecule has 6 nitrogen and oxygen atoms in total. The van der Waals surface area contributed by atoms with Crippen molar-refractivity contribution < 1.29 is 5.11 Å². The van der Waals surface area contributed by atoms with Gasteiger partial charge in [0.05, 0.1) is 11.6 Å². The molecule has 1 saturated carbocycles. The van der Waals surface area contributed by atoms with E-state index in [0.29, 0.717) is 5.92 Å². The summed E-state index contributed by atoms with van der Waals surface area (Å²) in [5.74, 6) is 2.41. The van der Waals surface area contributed by atoms with Crippen LogP contribution in [0.2, 0.25) is 0 Å². The van der Waals surface area contributed by atoms with E-state index in [9.17, 15) is 5.11 Å². The number of rotatable bonds is 3. The van der Waals surface area contributed by atoms with Gasteiger partial charge in [0.15, 0.2) is 11.5 Å². The third-order valence-electron chi connectivity index (χ3n) is 4.58. The van der Waals surface area contributed by atoms with Crippen LogP contribution in [0.15, 0.2) is 12.1 Å². The molecule has 21 heavy (non-hydrogen) atoms. The lowest BCUT2D eigenvalue weighted by molar-refractivity contribution is 0.0532. The number of hydrogen-bond acceptors (Lipinski definition) is 5. The summed E-state index contributed by atoms with van der Waals surface area (Å²) in [7, 11) is 0. The molecule has 1 saturated heterocycles. The smallest absolute Gasteiger partial charge is 0.178 e. The van der Waals surface area contributed by atoms with E-state index >= 15 is 0 Å². The molecule has 0 bridgehead atoms. The SMILES string of the molecule is CC(C)(O)[C@H]1CCCN1c1ccc2nnc(C3CC3)n2n1. The Bertz CT molecular complexity index is 670. The maximum absolute atomic E-state index is 10.4. The fourth-order valence-electron chi connectivity index (χ4n) is 3.32.